The number of rotatable bonds is 6. The van der Waals surface area contributed by atoms with Gasteiger partial charge < -0.3 is 14.7 Å². The summed E-state index contributed by atoms with van der Waals surface area (Å²) < 4.78 is 5.22. The second kappa shape index (κ2) is 7.65. The molecule has 1 amide bonds. The number of carboxylic acid groups (broad SMARTS) is 1. The average Bonchev–Trinajstić information content (AvgIpc) is 2.97. The maximum atomic E-state index is 12.5. The van der Waals surface area contributed by atoms with Gasteiger partial charge in [-0.3, -0.25) is 4.79 Å². The molecule has 2 rings (SSSR count). The van der Waals surface area contributed by atoms with Crippen LogP contribution in [0.25, 0.3) is 0 Å². The van der Waals surface area contributed by atoms with Crippen molar-refractivity contribution in [1.29, 1.82) is 0 Å². The topological polar surface area (TPSA) is 66.8 Å². The van der Waals surface area contributed by atoms with Gasteiger partial charge in [0.05, 0.1) is 11.4 Å². The van der Waals surface area contributed by atoms with Crippen molar-refractivity contribution in [2.45, 2.75) is 36.5 Å². The Kier molecular flexibility index (Phi) is 5.85. The first-order valence-electron chi connectivity index (χ1n) is 7.24. The molecule has 5 nitrogen and oxygen atoms in total. The number of carboxylic acids is 1. The smallest absolute Gasteiger partial charge is 0.326 e. The van der Waals surface area contributed by atoms with Gasteiger partial charge in [0.25, 0.3) is 0 Å². The van der Waals surface area contributed by atoms with Crippen LogP contribution in [0.1, 0.15) is 18.9 Å². The van der Waals surface area contributed by atoms with E-state index in [2.05, 4.69) is 0 Å². The van der Waals surface area contributed by atoms with Crippen molar-refractivity contribution in [2.24, 2.45) is 0 Å². The number of ether oxygens (including phenoxy) is 1. The lowest BCUT2D eigenvalue weighted by atomic mass is 10.2. The maximum Gasteiger partial charge on any atom is 0.326 e. The minimum absolute atomic E-state index is 0.132. The lowest BCUT2D eigenvalue weighted by Crippen LogP contribution is -2.44. The molecule has 1 heterocycles. The van der Waals surface area contributed by atoms with E-state index in [0.29, 0.717) is 13.0 Å². The Morgan fingerprint density at radius 3 is 2.68 bits per heavy atom. The Morgan fingerprint density at radius 1 is 1.41 bits per heavy atom. The molecule has 1 aromatic rings. The summed E-state index contributed by atoms with van der Waals surface area (Å²) in [6, 6.07) is 9.13. The third kappa shape index (κ3) is 4.01. The summed E-state index contributed by atoms with van der Waals surface area (Å²) in [6.07, 6.45) is 0.157. The molecular formula is C16H21NO4S. The molecule has 22 heavy (non-hydrogen) atoms. The molecule has 0 saturated carbocycles. The third-order valence-corrected chi connectivity index (χ3v) is 5.06. The number of carbonyl (C=O) groups is 2. The Labute approximate surface area is 134 Å². The quantitative estimate of drug-likeness (QED) is 0.867. The van der Waals surface area contributed by atoms with Gasteiger partial charge in [-0.2, -0.15) is 0 Å². The van der Waals surface area contributed by atoms with Crippen LogP contribution in [-0.4, -0.2) is 52.9 Å². The second-order valence-corrected chi connectivity index (χ2v) is 6.71. The molecule has 1 aliphatic heterocycles. The summed E-state index contributed by atoms with van der Waals surface area (Å²) in [5.74, 6) is -0.367. The van der Waals surface area contributed by atoms with Crippen molar-refractivity contribution in [3.63, 3.8) is 0 Å². The van der Waals surface area contributed by atoms with Gasteiger partial charge in [-0.1, -0.05) is 30.3 Å². The largest absolute Gasteiger partial charge is 0.480 e. The Morgan fingerprint density at radius 2 is 2.09 bits per heavy atom. The summed E-state index contributed by atoms with van der Waals surface area (Å²) >= 11 is 1.52. The van der Waals surface area contributed by atoms with Crippen LogP contribution in [0.15, 0.2) is 30.3 Å². The number of benzene rings is 1. The molecule has 0 aromatic heterocycles. The van der Waals surface area contributed by atoms with Crippen LogP contribution < -0.4 is 0 Å². The van der Waals surface area contributed by atoms with E-state index >= 15 is 0 Å². The lowest BCUT2D eigenvalue weighted by molar-refractivity contribution is -0.147. The van der Waals surface area contributed by atoms with Gasteiger partial charge in [-0.15, -0.1) is 11.8 Å². The zero-order valence-electron chi connectivity index (χ0n) is 12.8. The molecule has 0 radical (unpaired) electrons. The summed E-state index contributed by atoms with van der Waals surface area (Å²) in [6.45, 7) is 2.18. The van der Waals surface area contributed by atoms with Crippen molar-refractivity contribution in [1.82, 2.24) is 4.90 Å². The van der Waals surface area contributed by atoms with Crippen LogP contribution in [0.2, 0.25) is 0 Å². The zero-order chi connectivity index (χ0) is 16.1. The summed E-state index contributed by atoms with van der Waals surface area (Å²) in [4.78, 5) is 25.3. The fourth-order valence-electron chi connectivity index (χ4n) is 2.55. The monoisotopic (exact) mass is 323 g/mol. The van der Waals surface area contributed by atoms with Gasteiger partial charge in [0.2, 0.25) is 5.91 Å². The average molecular weight is 323 g/mol. The molecule has 1 aromatic carbocycles. The van der Waals surface area contributed by atoms with Crippen molar-refractivity contribution in [3.05, 3.63) is 35.9 Å². The molecule has 0 bridgehead atoms. The van der Waals surface area contributed by atoms with Crippen LogP contribution in [0.3, 0.4) is 0 Å². The van der Waals surface area contributed by atoms with Gasteiger partial charge in [0.1, 0.15) is 6.04 Å². The first-order chi connectivity index (χ1) is 10.5. The SMILES string of the molecule is COC1CC(C(=O)O)N(C(=O)C(C)SCc2ccccc2)C1. The van der Waals surface area contributed by atoms with Gasteiger partial charge in [-0.25, -0.2) is 4.79 Å². The summed E-state index contributed by atoms with van der Waals surface area (Å²) in [5, 5.41) is 9.00. The van der Waals surface area contributed by atoms with E-state index in [1.807, 2.05) is 37.3 Å². The Bertz CT molecular complexity index is 522. The van der Waals surface area contributed by atoms with Gasteiger partial charge >= 0.3 is 5.97 Å². The molecule has 3 unspecified atom stereocenters. The van der Waals surface area contributed by atoms with E-state index in [4.69, 9.17) is 4.74 Å². The predicted octanol–water partition coefficient (Wildman–Crippen LogP) is 2.01. The van der Waals surface area contributed by atoms with E-state index in [-0.39, 0.29) is 17.3 Å². The number of nitrogens with zero attached hydrogens (tertiary/aromatic N) is 1. The van der Waals surface area contributed by atoms with Crippen LogP contribution in [0, 0.1) is 0 Å². The van der Waals surface area contributed by atoms with E-state index in [0.717, 1.165) is 11.3 Å². The van der Waals surface area contributed by atoms with Crippen molar-refractivity contribution >= 4 is 23.6 Å². The maximum absolute atomic E-state index is 12.5. The summed E-state index contributed by atoms with van der Waals surface area (Å²) in [5.41, 5.74) is 1.15. The number of methoxy groups -OCH3 is 1. The fraction of sp³-hybridized carbons (Fsp3) is 0.500. The molecule has 0 aliphatic carbocycles. The third-order valence-electron chi connectivity index (χ3n) is 3.85. The van der Waals surface area contributed by atoms with Crippen LogP contribution >= 0.6 is 11.8 Å². The first-order valence-corrected chi connectivity index (χ1v) is 8.29. The van der Waals surface area contributed by atoms with Gasteiger partial charge in [-0.05, 0) is 12.5 Å². The van der Waals surface area contributed by atoms with E-state index in [1.165, 1.54) is 16.7 Å². The Hall–Kier alpha value is -1.53. The van der Waals surface area contributed by atoms with E-state index in [1.54, 1.807) is 7.11 Å². The highest BCUT2D eigenvalue weighted by molar-refractivity contribution is 7.99. The normalized spacial score (nSPS) is 22.5. The molecule has 1 N–H and O–H groups in total. The van der Waals surface area contributed by atoms with Crippen molar-refractivity contribution in [2.75, 3.05) is 13.7 Å². The number of hydrogen-bond acceptors (Lipinski definition) is 4. The number of thioether (sulfide) groups is 1. The van der Waals surface area contributed by atoms with Gasteiger partial charge in [0.15, 0.2) is 0 Å². The number of amides is 1. The number of aliphatic carboxylic acids is 1. The number of likely N-dealkylation sites (tertiary alicyclic amines) is 1. The first kappa shape index (κ1) is 16.8. The highest BCUT2D eigenvalue weighted by Crippen LogP contribution is 2.25. The molecule has 1 fully saturated rings. The number of hydrogen-bond donors (Lipinski definition) is 1. The van der Waals surface area contributed by atoms with Crippen LogP contribution in [-0.2, 0) is 20.1 Å². The molecular weight excluding hydrogens is 302 g/mol. The second-order valence-electron chi connectivity index (χ2n) is 5.38. The number of carbonyl (C=O) groups excluding carboxylic acids is 1. The highest BCUT2D eigenvalue weighted by Gasteiger charge is 2.41. The fourth-order valence-corrected chi connectivity index (χ4v) is 3.46. The van der Waals surface area contributed by atoms with E-state index < -0.39 is 12.0 Å². The van der Waals surface area contributed by atoms with Crippen molar-refractivity contribution < 1.29 is 19.4 Å². The zero-order valence-corrected chi connectivity index (χ0v) is 13.6. The molecule has 1 aliphatic rings. The predicted molar refractivity (Wildman–Crippen MR) is 85.7 cm³/mol. The summed E-state index contributed by atoms with van der Waals surface area (Å²) in [7, 11) is 1.55. The highest BCUT2D eigenvalue weighted by atomic mass is 32.2. The molecule has 6 heteroatoms. The van der Waals surface area contributed by atoms with Crippen LogP contribution in [0.4, 0.5) is 0 Å². The minimum atomic E-state index is -0.965. The molecule has 1 saturated heterocycles. The van der Waals surface area contributed by atoms with E-state index in [9.17, 15) is 14.7 Å². The lowest BCUT2D eigenvalue weighted by Gasteiger charge is -2.24. The van der Waals surface area contributed by atoms with Crippen molar-refractivity contribution in [3.8, 4) is 0 Å². The molecule has 120 valence electrons. The Balaban J connectivity index is 1.95. The van der Waals surface area contributed by atoms with Crippen LogP contribution in [0.5, 0.6) is 0 Å². The van der Waals surface area contributed by atoms with Gasteiger partial charge in [0, 0.05) is 25.8 Å². The minimum Gasteiger partial charge on any atom is -0.480 e. The molecule has 3 atom stereocenters. The standard InChI is InChI=1S/C16H21NO4S/c1-11(22-10-12-6-4-3-5-7-12)15(18)17-9-13(21-2)8-14(17)16(19)20/h3-7,11,13-14H,8-10H2,1-2H3,(H,19,20). The molecule has 0 spiro atoms.